The lowest BCUT2D eigenvalue weighted by atomic mass is 10.1. The first-order chi connectivity index (χ1) is 9.28. The molecule has 0 heterocycles. The summed E-state index contributed by atoms with van der Waals surface area (Å²) >= 11 is 0. The van der Waals surface area contributed by atoms with Gasteiger partial charge in [0, 0.05) is 6.42 Å². The second-order valence-electron chi connectivity index (χ2n) is 4.87. The highest BCUT2D eigenvalue weighted by Gasteiger charge is 2.67. The van der Waals surface area contributed by atoms with Gasteiger partial charge in [0.2, 0.25) is 0 Å². The molecule has 1 aromatic rings. The van der Waals surface area contributed by atoms with Crippen LogP contribution in [0.1, 0.15) is 18.9 Å². The maximum atomic E-state index is 14.4. The van der Waals surface area contributed by atoms with Gasteiger partial charge >= 0.3 is 16.2 Å². The molecule has 0 N–H and O–H groups in total. The summed E-state index contributed by atoms with van der Waals surface area (Å²) < 4.78 is 82.5. The van der Waals surface area contributed by atoms with E-state index in [1.54, 1.807) is 0 Å². The van der Waals surface area contributed by atoms with Crippen LogP contribution in [0.5, 0.6) is 0 Å². The second-order valence-corrected chi connectivity index (χ2v) is 7.28. The van der Waals surface area contributed by atoms with Gasteiger partial charge in [-0.15, -0.1) is 0 Å². The van der Waals surface area contributed by atoms with Crippen molar-refractivity contribution in [3.8, 4) is 0 Å². The predicted molar refractivity (Wildman–Crippen MR) is 65.4 cm³/mol. The summed E-state index contributed by atoms with van der Waals surface area (Å²) in [6, 6.07) is 1.91. The molecule has 1 aliphatic rings. The first-order valence-electron chi connectivity index (χ1n) is 5.98. The summed E-state index contributed by atoms with van der Waals surface area (Å²) in [6.07, 6.45) is -0.379. The van der Waals surface area contributed by atoms with Crippen LogP contribution in [0.25, 0.3) is 0 Å². The number of hydrogen-bond donors (Lipinski definition) is 0. The van der Waals surface area contributed by atoms with Gasteiger partial charge in [-0.25, -0.2) is 4.39 Å². The van der Waals surface area contributed by atoms with Gasteiger partial charge in [-0.05, 0) is 24.6 Å². The van der Waals surface area contributed by atoms with E-state index < -0.39 is 38.2 Å². The van der Waals surface area contributed by atoms with Gasteiger partial charge in [-0.1, -0.05) is 31.6 Å². The molecular weight excluding hydrogens is 322 g/mol. The van der Waals surface area contributed by atoms with Crippen LogP contribution in [0.2, 0.25) is 0 Å². The third kappa shape index (κ3) is 3.12. The summed E-state index contributed by atoms with van der Waals surface area (Å²) in [6.45, 7) is 1.49. The van der Waals surface area contributed by atoms with Crippen molar-refractivity contribution in [2.24, 2.45) is 5.92 Å². The van der Waals surface area contributed by atoms with E-state index in [9.17, 15) is 28.6 Å². The highest BCUT2D eigenvalue weighted by Crippen LogP contribution is 3.02. The maximum absolute atomic E-state index is 14.4. The van der Waals surface area contributed by atoms with Crippen molar-refractivity contribution in [3.63, 3.8) is 0 Å². The zero-order valence-electron chi connectivity index (χ0n) is 10.8. The van der Waals surface area contributed by atoms with Gasteiger partial charge in [0.15, 0.2) is 0 Å². The molecule has 0 radical (unpaired) electrons. The fourth-order valence-corrected chi connectivity index (χ4v) is 2.75. The smallest absolute Gasteiger partial charge is 0.312 e. The molecule has 120 valence electrons. The molecule has 1 aromatic carbocycles. The van der Waals surface area contributed by atoms with E-state index in [-0.39, 0.29) is 25.2 Å². The normalized spacial score (nSPS) is 28.4. The number of alkyl halides is 1. The average Bonchev–Trinajstić information content (AvgIpc) is 3.01. The topological polar surface area (TPSA) is 26.3 Å². The molecule has 2 rings (SSSR count). The minimum atomic E-state index is -9.87. The second kappa shape index (κ2) is 3.88. The van der Waals surface area contributed by atoms with Crippen molar-refractivity contribution in [1.82, 2.24) is 0 Å². The highest BCUT2D eigenvalue weighted by atomic mass is 32.5. The third-order valence-corrected chi connectivity index (χ3v) is 4.37. The molecule has 1 saturated carbocycles. The van der Waals surface area contributed by atoms with Crippen LogP contribution in [0.4, 0.5) is 23.8 Å². The number of ether oxygens (including phenoxy) is 1. The Bertz CT molecular complexity index is 599. The van der Waals surface area contributed by atoms with E-state index in [1.807, 2.05) is 0 Å². The van der Waals surface area contributed by atoms with Crippen molar-refractivity contribution in [3.05, 3.63) is 29.8 Å². The van der Waals surface area contributed by atoms with Crippen LogP contribution in [0.3, 0.4) is 0 Å². The highest BCUT2D eigenvalue weighted by molar-refractivity contribution is 8.45. The van der Waals surface area contributed by atoms with Gasteiger partial charge in [0.1, 0.15) is 10.6 Å². The number of esters is 1. The molecule has 9 heteroatoms. The lowest BCUT2D eigenvalue weighted by Gasteiger charge is -2.40. The number of carbonyl (C=O) groups is 1. The maximum Gasteiger partial charge on any atom is 0.312 e. The number of rotatable bonds is 4. The molecule has 0 spiro atoms. The van der Waals surface area contributed by atoms with Crippen LogP contribution in [-0.4, -0.2) is 12.6 Å². The monoisotopic (exact) mass is 334 g/mol. The summed E-state index contributed by atoms with van der Waals surface area (Å²) in [5.74, 6) is -2.15. The number of halogens is 6. The molecule has 0 aromatic heterocycles. The van der Waals surface area contributed by atoms with Crippen molar-refractivity contribution in [2.45, 2.75) is 23.9 Å². The van der Waals surface area contributed by atoms with Crippen LogP contribution in [0, 0.1) is 5.92 Å². The molecule has 2 nitrogen and oxygen atoms in total. The van der Waals surface area contributed by atoms with Crippen molar-refractivity contribution in [2.75, 3.05) is 6.61 Å². The SMILES string of the molecule is CCOC(=O)[C@H]1C[C@]1(F)c1cccc(S(F)(F)(F)(F)F)c1. The Labute approximate surface area is 116 Å². The predicted octanol–water partition coefficient (Wildman–Crippen LogP) is 5.09. The number of hydrogen-bond acceptors (Lipinski definition) is 2. The molecule has 1 aliphatic carbocycles. The minimum absolute atomic E-state index is 0.00306. The van der Waals surface area contributed by atoms with Gasteiger partial charge < -0.3 is 4.74 Å². The molecule has 2 atom stereocenters. The average molecular weight is 334 g/mol. The first-order valence-corrected chi connectivity index (χ1v) is 7.93. The number of carbonyl (C=O) groups excluding carboxylic acids is 1. The van der Waals surface area contributed by atoms with Gasteiger partial charge in [0.05, 0.1) is 12.5 Å². The molecule has 1 fully saturated rings. The molecule has 0 saturated heterocycles. The summed E-state index contributed by atoms with van der Waals surface area (Å²) in [7, 11) is -9.87. The van der Waals surface area contributed by atoms with E-state index in [0.29, 0.717) is 6.07 Å². The Morgan fingerprint density at radius 3 is 2.48 bits per heavy atom. The lowest BCUT2D eigenvalue weighted by molar-refractivity contribution is -0.145. The van der Waals surface area contributed by atoms with Crippen molar-refractivity contribution < 1.29 is 33.4 Å². The van der Waals surface area contributed by atoms with E-state index >= 15 is 0 Å². The van der Waals surface area contributed by atoms with Crippen LogP contribution in [-0.2, 0) is 15.2 Å². The zero-order valence-corrected chi connectivity index (χ0v) is 11.6. The molecule has 21 heavy (non-hydrogen) atoms. The van der Waals surface area contributed by atoms with Crippen molar-refractivity contribution in [1.29, 1.82) is 0 Å². The van der Waals surface area contributed by atoms with Crippen LogP contribution < -0.4 is 0 Å². The largest absolute Gasteiger partial charge is 0.466 e. The third-order valence-electron chi connectivity index (χ3n) is 3.22. The molecular formula is C12H12F6O2S. The molecule has 0 aliphatic heterocycles. The Hall–Kier alpha value is -1.38. The molecule has 0 unspecified atom stereocenters. The standard InChI is InChI=1S/C12H12F6O2S/c1-2-20-11(19)10-7-12(10,13)8-4-3-5-9(6-8)21(14,15,16,17)18/h3-6,10H,2,7H2,1H3/t10-,12+/m1/s1. The van der Waals surface area contributed by atoms with Gasteiger partial charge in [-0.3, -0.25) is 4.79 Å². The Morgan fingerprint density at radius 2 is 1.95 bits per heavy atom. The molecule has 0 amide bonds. The van der Waals surface area contributed by atoms with Gasteiger partial charge in [-0.2, -0.15) is 0 Å². The first kappa shape index (κ1) is 16.0. The van der Waals surface area contributed by atoms with Crippen LogP contribution in [0.15, 0.2) is 29.2 Å². The Kier molecular flexibility index (Phi) is 2.95. The zero-order chi connectivity index (χ0) is 16.2. The van der Waals surface area contributed by atoms with E-state index in [4.69, 9.17) is 0 Å². The quantitative estimate of drug-likeness (QED) is 0.566. The molecule has 0 bridgehead atoms. The Balaban J connectivity index is 2.35. The van der Waals surface area contributed by atoms with E-state index in [2.05, 4.69) is 4.74 Å². The summed E-state index contributed by atoms with van der Waals surface area (Å²) in [5, 5.41) is 0. The number of benzene rings is 1. The van der Waals surface area contributed by atoms with Crippen LogP contribution >= 0.6 is 10.2 Å². The fraction of sp³-hybridized carbons (Fsp3) is 0.417. The summed E-state index contributed by atoms with van der Waals surface area (Å²) in [5.41, 5.74) is -2.98. The van der Waals surface area contributed by atoms with Gasteiger partial charge in [0.25, 0.3) is 0 Å². The lowest BCUT2D eigenvalue weighted by Crippen LogP contribution is -2.14. The Morgan fingerprint density at radius 1 is 1.33 bits per heavy atom. The van der Waals surface area contributed by atoms with Crippen molar-refractivity contribution >= 4 is 16.2 Å². The fourth-order valence-electron chi connectivity index (χ4n) is 2.06. The van der Waals surface area contributed by atoms with E-state index in [1.165, 1.54) is 6.92 Å². The van der Waals surface area contributed by atoms with E-state index in [0.717, 1.165) is 6.07 Å². The summed E-state index contributed by atoms with van der Waals surface area (Å²) in [4.78, 5) is 9.21. The minimum Gasteiger partial charge on any atom is -0.466 e.